The smallest absolute Gasteiger partial charge is 0.309 e. The van der Waals surface area contributed by atoms with Gasteiger partial charge in [-0.1, -0.05) is 18.2 Å². The van der Waals surface area contributed by atoms with Gasteiger partial charge in [-0.3, -0.25) is 4.79 Å². The summed E-state index contributed by atoms with van der Waals surface area (Å²) < 4.78 is 16.5. The predicted octanol–water partition coefficient (Wildman–Crippen LogP) is 2.36. The Morgan fingerprint density at radius 2 is 2.04 bits per heavy atom. The zero-order valence-corrected chi connectivity index (χ0v) is 16.3. The van der Waals surface area contributed by atoms with Crippen molar-refractivity contribution in [1.29, 1.82) is 0 Å². The van der Waals surface area contributed by atoms with E-state index >= 15 is 0 Å². The summed E-state index contributed by atoms with van der Waals surface area (Å²) in [6.45, 7) is 8.13. The molecule has 2 rings (SSSR count). The molecule has 1 aliphatic rings. The Morgan fingerprint density at radius 1 is 1.27 bits per heavy atom. The topological polar surface area (TPSA) is 49.2 Å². The molecule has 1 aromatic rings. The van der Waals surface area contributed by atoms with E-state index in [0.717, 1.165) is 56.0 Å². The minimum atomic E-state index is -0.0247. The highest BCUT2D eigenvalue weighted by molar-refractivity contribution is 5.72. The Hall–Kier alpha value is -2.01. The van der Waals surface area contributed by atoms with Crippen LogP contribution in [0.4, 0.5) is 0 Å². The minimum Gasteiger partial charge on any atom is -0.493 e. The maximum atomic E-state index is 11.8. The van der Waals surface area contributed by atoms with Gasteiger partial charge in [-0.15, -0.1) is 0 Å². The molecular weight excluding hydrogens is 330 g/mol. The van der Waals surface area contributed by atoms with E-state index in [9.17, 15) is 4.79 Å². The first-order chi connectivity index (χ1) is 12.7. The van der Waals surface area contributed by atoms with E-state index in [-0.39, 0.29) is 11.9 Å². The fourth-order valence-electron chi connectivity index (χ4n) is 3.38. The van der Waals surface area contributed by atoms with E-state index in [2.05, 4.69) is 0 Å². The first-order valence-electron chi connectivity index (χ1n) is 9.61. The van der Waals surface area contributed by atoms with E-state index in [1.54, 1.807) is 12.0 Å². The van der Waals surface area contributed by atoms with E-state index in [1.165, 1.54) is 0 Å². The number of benzene rings is 1. The van der Waals surface area contributed by atoms with Crippen LogP contribution in [-0.2, 0) is 9.53 Å². The minimum absolute atomic E-state index is 0.0247. The maximum absolute atomic E-state index is 11.8. The van der Waals surface area contributed by atoms with Crippen molar-refractivity contribution < 1.29 is 23.9 Å². The Bertz CT molecular complexity index is 592. The number of hydrogen-bond acceptors (Lipinski definition) is 4. The molecule has 0 aromatic heterocycles. The molecule has 0 atom stereocenters. The van der Waals surface area contributed by atoms with Crippen LogP contribution < -0.4 is 14.4 Å². The number of carbonyl (C=O) groups is 1. The van der Waals surface area contributed by atoms with Crippen LogP contribution in [0.2, 0.25) is 0 Å². The number of nitrogens with one attached hydrogen (secondary N) is 1. The van der Waals surface area contributed by atoms with Gasteiger partial charge in [0.2, 0.25) is 0 Å². The van der Waals surface area contributed by atoms with Crippen molar-refractivity contribution in [1.82, 2.24) is 0 Å². The molecule has 1 aliphatic heterocycles. The van der Waals surface area contributed by atoms with Crippen molar-refractivity contribution in [3.63, 3.8) is 0 Å². The summed E-state index contributed by atoms with van der Waals surface area (Å²) in [5, 5.41) is 0. The molecule has 0 bridgehead atoms. The molecule has 1 heterocycles. The number of allylic oxidation sites excluding steroid dienone is 1. The normalized spacial score (nSPS) is 20.1. The molecule has 5 heteroatoms. The lowest BCUT2D eigenvalue weighted by Crippen LogP contribution is -3.13. The second kappa shape index (κ2) is 10.9. The van der Waals surface area contributed by atoms with Gasteiger partial charge in [-0.25, -0.2) is 0 Å². The second-order valence-electron chi connectivity index (χ2n) is 6.64. The molecule has 0 saturated carbocycles. The quantitative estimate of drug-likeness (QED) is 0.541. The van der Waals surface area contributed by atoms with E-state index < -0.39 is 0 Å². The van der Waals surface area contributed by atoms with Crippen LogP contribution in [0.5, 0.6) is 11.5 Å². The first-order valence-corrected chi connectivity index (χ1v) is 9.61. The average molecular weight is 362 g/mol. The van der Waals surface area contributed by atoms with Gasteiger partial charge in [0.25, 0.3) is 0 Å². The fourth-order valence-corrected chi connectivity index (χ4v) is 3.38. The Labute approximate surface area is 156 Å². The summed E-state index contributed by atoms with van der Waals surface area (Å²) in [7, 11) is 1.67. The van der Waals surface area contributed by atoms with Crippen LogP contribution in [0.15, 0.2) is 24.3 Å². The van der Waals surface area contributed by atoms with Crippen molar-refractivity contribution in [2.24, 2.45) is 5.92 Å². The molecule has 144 valence electrons. The molecule has 5 nitrogen and oxygen atoms in total. The highest BCUT2D eigenvalue weighted by Gasteiger charge is 2.28. The summed E-state index contributed by atoms with van der Waals surface area (Å²) in [5.74, 6) is 1.62. The standard InChI is InChI=1S/C21H31NO4/c1-4-7-17-8-9-19(20(16-17)24-3)26-15-6-12-22-13-10-18(11-14-22)21(23)25-5-2/h4,7-9,16,18H,5-6,10-15H2,1-3H3/p+1/b7-4+. The summed E-state index contributed by atoms with van der Waals surface area (Å²) in [4.78, 5) is 13.3. The van der Waals surface area contributed by atoms with Gasteiger partial charge in [0.05, 0.1) is 45.9 Å². The van der Waals surface area contributed by atoms with Crippen LogP contribution in [0.3, 0.4) is 0 Å². The van der Waals surface area contributed by atoms with Gasteiger partial charge in [0.1, 0.15) is 0 Å². The molecule has 1 aromatic carbocycles. The third kappa shape index (κ3) is 6.06. The molecule has 1 fully saturated rings. The average Bonchev–Trinajstić information content (AvgIpc) is 2.67. The van der Waals surface area contributed by atoms with Gasteiger partial charge in [-0.05, 0) is 31.5 Å². The van der Waals surface area contributed by atoms with Crippen molar-refractivity contribution in [3.8, 4) is 11.5 Å². The maximum Gasteiger partial charge on any atom is 0.309 e. The number of carbonyl (C=O) groups excluding carboxylic acids is 1. The Morgan fingerprint density at radius 3 is 2.69 bits per heavy atom. The molecule has 0 spiro atoms. The van der Waals surface area contributed by atoms with Crippen LogP contribution in [0.25, 0.3) is 6.08 Å². The zero-order valence-electron chi connectivity index (χ0n) is 16.3. The van der Waals surface area contributed by atoms with Gasteiger partial charge >= 0.3 is 5.97 Å². The van der Waals surface area contributed by atoms with Crippen LogP contribution in [0, 0.1) is 5.92 Å². The lowest BCUT2D eigenvalue weighted by atomic mass is 9.97. The van der Waals surface area contributed by atoms with Gasteiger partial charge in [-0.2, -0.15) is 0 Å². The number of ether oxygens (including phenoxy) is 3. The highest BCUT2D eigenvalue weighted by atomic mass is 16.5. The predicted molar refractivity (Wildman–Crippen MR) is 103 cm³/mol. The van der Waals surface area contributed by atoms with Crippen molar-refractivity contribution in [2.75, 3.05) is 40.0 Å². The largest absolute Gasteiger partial charge is 0.493 e. The number of hydrogen-bond donors (Lipinski definition) is 1. The number of likely N-dealkylation sites (tertiary alicyclic amines) is 1. The van der Waals surface area contributed by atoms with E-state index in [1.807, 2.05) is 44.2 Å². The lowest BCUT2D eigenvalue weighted by Gasteiger charge is -2.28. The van der Waals surface area contributed by atoms with E-state index in [4.69, 9.17) is 14.2 Å². The number of rotatable bonds is 9. The molecule has 1 saturated heterocycles. The summed E-state index contributed by atoms with van der Waals surface area (Å²) in [6, 6.07) is 5.98. The fraction of sp³-hybridized carbons (Fsp3) is 0.571. The third-order valence-corrected chi connectivity index (χ3v) is 4.79. The summed E-state index contributed by atoms with van der Waals surface area (Å²) >= 11 is 0. The monoisotopic (exact) mass is 362 g/mol. The number of piperidine rings is 1. The van der Waals surface area contributed by atoms with Crippen molar-refractivity contribution >= 4 is 12.0 Å². The SMILES string of the molecule is C/C=C/c1ccc(OCCC[NH+]2CCC(C(=O)OCC)CC2)c(OC)c1. The van der Waals surface area contributed by atoms with Crippen LogP contribution in [-0.4, -0.2) is 45.9 Å². The highest BCUT2D eigenvalue weighted by Crippen LogP contribution is 2.28. The number of esters is 1. The van der Waals surface area contributed by atoms with Crippen molar-refractivity contribution in [3.05, 3.63) is 29.8 Å². The van der Waals surface area contributed by atoms with Gasteiger partial charge < -0.3 is 19.1 Å². The van der Waals surface area contributed by atoms with Crippen molar-refractivity contribution in [2.45, 2.75) is 33.1 Å². The first kappa shape index (κ1) is 20.3. The van der Waals surface area contributed by atoms with Crippen LogP contribution >= 0.6 is 0 Å². The molecule has 0 radical (unpaired) electrons. The Kier molecular flexibility index (Phi) is 8.48. The number of quaternary nitrogens is 1. The Balaban J connectivity index is 1.70. The van der Waals surface area contributed by atoms with Gasteiger partial charge in [0, 0.05) is 19.3 Å². The zero-order chi connectivity index (χ0) is 18.8. The molecule has 0 aliphatic carbocycles. The van der Waals surface area contributed by atoms with Gasteiger partial charge in [0.15, 0.2) is 11.5 Å². The molecule has 0 unspecified atom stereocenters. The van der Waals surface area contributed by atoms with E-state index in [0.29, 0.717) is 13.2 Å². The molecule has 26 heavy (non-hydrogen) atoms. The summed E-state index contributed by atoms with van der Waals surface area (Å²) in [5.41, 5.74) is 1.10. The third-order valence-electron chi connectivity index (χ3n) is 4.79. The summed E-state index contributed by atoms with van der Waals surface area (Å²) in [6.07, 6.45) is 6.88. The molecule has 0 amide bonds. The van der Waals surface area contributed by atoms with Crippen LogP contribution in [0.1, 0.15) is 38.7 Å². The second-order valence-corrected chi connectivity index (χ2v) is 6.64. The molecular formula is C21H32NO4+. The lowest BCUT2D eigenvalue weighted by molar-refractivity contribution is -0.906. The molecule has 1 N–H and O–H groups in total. The number of methoxy groups -OCH3 is 1.